The van der Waals surface area contributed by atoms with Gasteiger partial charge in [0, 0.05) is 18.8 Å². The van der Waals surface area contributed by atoms with Gasteiger partial charge in [0.05, 0.1) is 26.2 Å². The maximum atomic E-state index is 12.0. The summed E-state index contributed by atoms with van der Waals surface area (Å²) in [4.78, 5) is 4.78. The average molecular weight is 483 g/mol. The molecule has 7 rings (SSSR count). The van der Waals surface area contributed by atoms with Crippen molar-refractivity contribution in [3.05, 3.63) is 114 Å². The number of ether oxygens (including phenoxy) is 1. The van der Waals surface area contributed by atoms with Gasteiger partial charge in [-0.15, -0.1) is 0 Å². The number of aromatic nitrogens is 2. The summed E-state index contributed by atoms with van der Waals surface area (Å²) in [7, 11) is 0. The molecule has 36 heavy (non-hydrogen) atoms. The first kappa shape index (κ1) is 23.0. The monoisotopic (exact) mass is 482 g/mol. The third kappa shape index (κ3) is 4.31. The van der Waals surface area contributed by atoms with Crippen LogP contribution in [0.1, 0.15) is 35.7 Å². The Kier molecular flexibility index (Phi) is 6.07. The number of rotatable bonds is 8. The first-order valence-corrected chi connectivity index (χ1v) is 12.8. The number of para-hydroxylation sites is 1. The van der Waals surface area contributed by atoms with E-state index in [0.717, 1.165) is 36.5 Å². The molecule has 3 saturated heterocycles. The lowest BCUT2D eigenvalue weighted by Gasteiger charge is -2.51. The van der Waals surface area contributed by atoms with E-state index in [2.05, 4.69) is 5.16 Å². The van der Waals surface area contributed by atoms with Gasteiger partial charge in [-0.2, -0.15) is 4.98 Å². The van der Waals surface area contributed by atoms with E-state index in [4.69, 9.17) is 14.2 Å². The molecule has 1 unspecified atom stereocenters. The van der Waals surface area contributed by atoms with Crippen molar-refractivity contribution >= 4 is 0 Å². The molecule has 6 heteroatoms. The second-order valence-electron chi connectivity index (χ2n) is 10.3. The van der Waals surface area contributed by atoms with Crippen LogP contribution in [0.4, 0.5) is 0 Å². The largest absolute Gasteiger partial charge is 0.493 e. The zero-order chi connectivity index (χ0) is 24.4. The first-order chi connectivity index (χ1) is 17.6. The Labute approximate surface area is 211 Å². The molecular formula is C30H32N3O3+. The average Bonchev–Trinajstić information content (AvgIpc) is 3.42. The van der Waals surface area contributed by atoms with Gasteiger partial charge in [-0.3, -0.25) is 0 Å². The molecule has 1 N–H and O–H groups in total. The normalized spacial score (nSPS) is 23.5. The van der Waals surface area contributed by atoms with Crippen LogP contribution in [0.25, 0.3) is 0 Å². The molecule has 0 saturated carbocycles. The minimum atomic E-state index is -1.48. The summed E-state index contributed by atoms with van der Waals surface area (Å²) in [5.41, 5.74) is -0.0504. The van der Waals surface area contributed by atoms with Crippen molar-refractivity contribution < 1.29 is 18.8 Å². The molecule has 0 aliphatic carbocycles. The van der Waals surface area contributed by atoms with Gasteiger partial charge in [0.1, 0.15) is 5.75 Å². The van der Waals surface area contributed by atoms with Crippen LogP contribution in [0.15, 0.2) is 95.5 Å². The molecule has 1 atom stereocenters. The van der Waals surface area contributed by atoms with Crippen LogP contribution in [0.3, 0.4) is 0 Å². The smallest absolute Gasteiger partial charge is 0.282 e. The molecule has 3 aliphatic rings. The fraction of sp³-hybridized carbons (Fsp3) is 0.333. The maximum absolute atomic E-state index is 12.0. The van der Waals surface area contributed by atoms with E-state index in [-0.39, 0.29) is 5.82 Å². The van der Waals surface area contributed by atoms with E-state index < -0.39 is 5.60 Å². The number of nitrogens with zero attached hydrogens (tertiary/aromatic N) is 3. The van der Waals surface area contributed by atoms with E-state index in [1.807, 2.05) is 91.0 Å². The lowest BCUT2D eigenvalue weighted by atomic mass is 9.77. The number of hydrogen-bond donors (Lipinski definition) is 1. The van der Waals surface area contributed by atoms with E-state index in [0.29, 0.717) is 35.4 Å². The third-order valence-corrected chi connectivity index (χ3v) is 8.09. The number of aliphatic hydroxyl groups is 1. The summed E-state index contributed by atoms with van der Waals surface area (Å²) in [6.45, 7) is 4.71. The van der Waals surface area contributed by atoms with Crippen molar-refractivity contribution in [1.82, 2.24) is 10.1 Å². The minimum absolute atomic E-state index is 0.281. The summed E-state index contributed by atoms with van der Waals surface area (Å²) in [5.74, 6) is 3.03. The van der Waals surface area contributed by atoms with E-state index in [9.17, 15) is 5.11 Å². The SMILES string of the molecule is OC(c1ccccc1)(c1ccccc1)c1noc(C[N+]23CCC(CC2)C(COc2ccccc2)C3)n1. The summed E-state index contributed by atoms with van der Waals surface area (Å²) < 4.78 is 12.9. The number of quaternary nitrogens is 1. The van der Waals surface area contributed by atoms with Crippen LogP contribution >= 0.6 is 0 Å². The molecule has 6 nitrogen and oxygen atoms in total. The van der Waals surface area contributed by atoms with Crippen LogP contribution in [-0.2, 0) is 12.1 Å². The molecule has 1 aromatic heterocycles. The van der Waals surface area contributed by atoms with Gasteiger partial charge in [-0.1, -0.05) is 84.0 Å². The van der Waals surface area contributed by atoms with Gasteiger partial charge >= 0.3 is 0 Å². The van der Waals surface area contributed by atoms with Crippen molar-refractivity contribution in [2.45, 2.75) is 25.0 Å². The Morgan fingerprint density at radius 3 is 2.06 bits per heavy atom. The van der Waals surface area contributed by atoms with Crippen LogP contribution < -0.4 is 4.74 Å². The van der Waals surface area contributed by atoms with Crippen molar-refractivity contribution in [3.63, 3.8) is 0 Å². The summed E-state index contributed by atoms with van der Waals surface area (Å²) in [5, 5.41) is 16.3. The fourth-order valence-corrected chi connectivity index (χ4v) is 6.10. The predicted octanol–water partition coefficient (Wildman–Crippen LogP) is 4.79. The minimum Gasteiger partial charge on any atom is -0.493 e. The highest BCUT2D eigenvalue weighted by atomic mass is 16.5. The highest BCUT2D eigenvalue weighted by Crippen LogP contribution is 2.40. The Balaban J connectivity index is 1.23. The topological polar surface area (TPSA) is 68.4 Å². The molecule has 3 fully saturated rings. The number of fused-ring (bicyclic) bond motifs is 3. The van der Waals surface area contributed by atoms with Crippen molar-refractivity contribution in [2.24, 2.45) is 11.8 Å². The highest BCUT2D eigenvalue weighted by Gasteiger charge is 2.47. The Morgan fingerprint density at radius 2 is 1.44 bits per heavy atom. The standard InChI is InChI=1S/C30H32N3O3/c34-30(25-10-4-1-5-11-25,26-12-6-2-7-13-26)29-31-28(36-32-29)21-33-18-16-23(17-19-33)24(20-33)22-35-27-14-8-3-9-15-27/h1-15,23-24,34H,16-22H2/q+1. The van der Waals surface area contributed by atoms with E-state index >= 15 is 0 Å². The van der Waals surface area contributed by atoms with Gasteiger partial charge < -0.3 is 18.8 Å². The van der Waals surface area contributed by atoms with E-state index in [1.54, 1.807) is 0 Å². The van der Waals surface area contributed by atoms with E-state index in [1.165, 1.54) is 12.8 Å². The lowest BCUT2D eigenvalue weighted by Crippen LogP contribution is -2.62. The molecule has 0 amide bonds. The zero-order valence-electron chi connectivity index (χ0n) is 20.4. The molecule has 0 spiro atoms. The molecule has 4 heterocycles. The van der Waals surface area contributed by atoms with Crippen molar-refractivity contribution in [3.8, 4) is 5.75 Å². The summed E-state index contributed by atoms with van der Waals surface area (Å²) in [6, 6.07) is 29.2. The van der Waals surface area contributed by atoms with Gasteiger partial charge in [0.15, 0.2) is 12.1 Å². The first-order valence-electron chi connectivity index (χ1n) is 12.8. The van der Waals surface area contributed by atoms with Crippen molar-refractivity contribution in [1.29, 1.82) is 0 Å². The molecule has 4 aromatic rings. The fourth-order valence-electron chi connectivity index (χ4n) is 6.10. The van der Waals surface area contributed by atoms with Crippen LogP contribution in [0.2, 0.25) is 0 Å². The second kappa shape index (κ2) is 9.52. The third-order valence-electron chi connectivity index (χ3n) is 8.09. The molecule has 184 valence electrons. The molecule has 0 radical (unpaired) electrons. The Bertz CT molecular complexity index is 1230. The zero-order valence-corrected chi connectivity index (χ0v) is 20.4. The summed E-state index contributed by atoms with van der Waals surface area (Å²) in [6.07, 6.45) is 2.39. The second-order valence-corrected chi connectivity index (χ2v) is 10.3. The maximum Gasteiger partial charge on any atom is 0.282 e. The molecular weight excluding hydrogens is 450 g/mol. The molecule has 2 bridgehead atoms. The Hall–Kier alpha value is -3.48. The van der Waals surface area contributed by atoms with Crippen molar-refractivity contribution in [2.75, 3.05) is 26.2 Å². The predicted molar refractivity (Wildman–Crippen MR) is 136 cm³/mol. The summed E-state index contributed by atoms with van der Waals surface area (Å²) >= 11 is 0. The highest BCUT2D eigenvalue weighted by molar-refractivity contribution is 5.42. The van der Waals surface area contributed by atoms with Gasteiger partial charge in [0.2, 0.25) is 5.82 Å². The van der Waals surface area contributed by atoms with Crippen LogP contribution in [-0.4, -0.2) is 46.0 Å². The molecule has 3 aliphatic heterocycles. The van der Waals surface area contributed by atoms with Gasteiger partial charge in [-0.25, -0.2) is 0 Å². The number of hydrogen-bond acceptors (Lipinski definition) is 5. The number of benzene rings is 3. The van der Waals surface area contributed by atoms with Crippen LogP contribution in [0.5, 0.6) is 5.75 Å². The van der Waals surface area contributed by atoms with Crippen LogP contribution in [0, 0.1) is 11.8 Å². The quantitative estimate of drug-likeness (QED) is 0.366. The van der Waals surface area contributed by atoms with Gasteiger partial charge in [0.25, 0.3) is 5.89 Å². The Morgan fingerprint density at radius 1 is 0.861 bits per heavy atom. The molecule has 3 aromatic carbocycles. The van der Waals surface area contributed by atoms with Gasteiger partial charge in [-0.05, 0) is 29.2 Å². The lowest BCUT2D eigenvalue weighted by molar-refractivity contribution is -0.960. The number of piperidine rings is 3.